The molecule has 1 aromatic carbocycles. The van der Waals surface area contributed by atoms with Gasteiger partial charge >= 0.3 is 0 Å². The van der Waals surface area contributed by atoms with Gasteiger partial charge in [0.05, 0.1) is 12.1 Å². The number of hydrogen-bond donors (Lipinski definition) is 3. The zero-order chi connectivity index (χ0) is 15.5. The van der Waals surface area contributed by atoms with Crippen molar-refractivity contribution in [2.45, 2.75) is 38.7 Å². The van der Waals surface area contributed by atoms with Crippen molar-refractivity contribution < 1.29 is 14.7 Å². The minimum absolute atomic E-state index is 0.0814. The van der Waals surface area contributed by atoms with Crippen LogP contribution in [-0.2, 0) is 4.79 Å². The standard InChI is InChI=1S/C16H22N2O3/c1-11-6-12(2)8-13(7-11)15(20)17-9-14(19)18-10-16(21)4-3-5-16/h6-8,21H,3-5,9-10H2,1-2H3,(H,17,20)(H,18,19). The average Bonchev–Trinajstić information content (AvgIpc) is 2.39. The molecule has 5 nitrogen and oxygen atoms in total. The molecule has 1 fully saturated rings. The number of carbonyl (C=O) groups is 2. The number of amides is 2. The molecule has 0 bridgehead atoms. The third-order valence-corrected chi connectivity index (χ3v) is 3.79. The second-order valence-corrected chi connectivity index (χ2v) is 5.91. The fraction of sp³-hybridized carbons (Fsp3) is 0.500. The molecule has 21 heavy (non-hydrogen) atoms. The van der Waals surface area contributed by atoms with Gasteiger partial charge in [0.15, 0.2) is 0 Å². The van der Waals surface area contributed by atoms with E-state index in [0.29, 0.717) is 5.56 Å². The van der Waals surface area contributed by atoms with E-state index in [-0.39, 0.29) is 24.9 Å². The number of nitrogens with one attached hydrogen (secondary N) is 2. The van der Waals surface area contributed by atoms with Crippen molar-refractivity contribution in [1.82, 2.24) is 10.6 Å². The Hall–Kier alpha value is -1.88. The van der Waals surface area contributed by atoms with Crippen molar-refractivity contribution in [3.63, 3.8) is 0 Å². The first-order chi connectivity index (χ1) is 9.88. The zero-order valence-electron chi connectivity index (χ0n) is 12.5. The Kier molecular flexibility index (Phi) is 4.63. The lowest BCUT2D eigenvalue weighted by molar-refractivity contribution is -0.122. The quantitative estimate of drug-likeness (QED) is 0.759. The first-order valence-electron chi connectivity index (χ1n) is 7.24. The zero-order valence-corrected chi connectivity index (χ0v) is 12.5. The molecule has 0 spiro atoms. The maximum absolute atomic E-state index is 12.0. The second kappa shape index (κ2) is 6.26. The van der Waals surface area contributed by atoms with Crippen molar-refractivity contribution in [1.29, 1.82) is 0 Å². The topological polar surface area (TPSA) is 78.4 Å². The summed E-state index contributed by atoms with van der Waals surface area (Å²) in [6.07, 6.45) is 2.44. The van der Waals surface area contributed by atoms with E-state index in [4.69, 9.17) is 0 Å². The van der Waals surface area contributed by atoms with Crippen LogP contribution in [0.2, 0.25) is 0 Å². The van der Waals surface area contributed by atoms with Crippen molar-refractivity contribution >= 4 is 11.8 Å². The van der Waals surface area contributed by atoms with E-state index in [1.807, 2.05) is 19.9 Å². The summed E-state index contributed by atoms with van der Waals surface area (Å²) in [4.78, 5) is 23.6. The highest BCUT2D eigenvalue weighted by Crippen LogP contribution is 2.30. The van der Waals surface area contributed by atoms with Crippen LogP contribution in [0.3, 0.4) is 0 Å². The van der Waals surface area contributed by atoms with Gasteiger partial charge in [-0.25, -0.2) is 0 Å². The molecule has 1 aliphatic rings. The van der Waals surface area contributed by atoms with E-state index in [0.717, 1.165) is 30.4 Å². The molecule has 1 aromatic rings. The highest BCUT2D eigenvalue weighted by atomic mass is 16.3. The van der Waals surface area contributed by atoms with E-state index < -0.39 is 5.60 Å². The fourth-order valence-corrected chi connectivity index (χ4v) is 2.46. The van der Waals surface area contributed by atoms with Crippen LogP contribution in [0.15, 0.2) is 18.2 Å². The van der Waals surface area contributed by atoms with Crippen molar-refractivity contribution in [2.24, 2.45) is 0 Å². The van der Waals surface area contributed by atoms with Gasteiger partial charge in [0.25, 0.3) is 5.91 Å². The molecule has 5 heteroatoms. The third-order valence-electron chi connectivity index (χ3n) is 3.79. The third kappa shape index (κ3) is 4.29. The Balaban J connectivity index is 1.79. The van der Waals surface area contributed by atoms with Crippen LogP contribution < -0.4 is 10.6 Å². The minimum Gasteiger partial charge on any atom is -0.388 e. The largest absolute Gasteiger partial charge is 0.388 e. The fourth-order valence-electron chi connectivity index (χ4n) is 2.46. The smallest absolute Gasteiger partial charge is 0.251 e. The molecule has 0 atom stereocenters. The van der Waals surface area contributed by atoms with E-state index in [2.05, 4.69) is 10.6 Å². The summed E-state index contributed by atoms with van der Waals surface area (Å²) in [6.45, 7) is 4.03. The maximum atomic E-state index is 12.0. The van der Waals surface area contributed by atoms with Crippen molar-refractivity contribution in [3.8, 4) is 0 Å². The lowest BCUT2D eigenvalue weighted by atomic mass is 9.80. The van der Waals surface area contributed by atoms with Crippen LogP contribution in [0, 0.1) is 13.8 Å². The Labute approximate surface area is 124 Å². The Morgan fingerprint density at radius 1 is 1.14 bits per heavy atom. The van der Waals surface area contributed by atoms with Gasteiger partial charge in [-0.3, -0.25) is 9.59 Å². The maximum Gasteiger partial charge on any atom is 0.251 e. The molecule has 0 aromatic heterocycles. The van der Waals surface area contributed by atoms with Gasteiger partial charge in [-0.05, 0) is 45.2 Å². The number of aryl methyl sites for hydroxylation is 2. The van der Waals surface area contributed by atoms with Gasteiger partial charge in [0, 0.05) is 12.1 Å². The molecule has 1 saturated carbocycles. The molecule has 0 unspecified atom stereocenters. The van der Waals surface area contributed by atoms with Gasteiger partial charge in [0.2, 0.25) is 5.91 Å². The Morgan fingerprint density at radius 2 is 1.76 bits per heavy atom. The van der Waals surface area contributed by atoms with Crippen LogP contribution in [0.4, 0.5) is 0 Å². The van der Waals surface area contributed by atoms with Gasteiger partial charge in [-0.15, -0.1) is 0 Å². The highest BCUT2D eigenvalue weighted by molar-refractivity contribution is 5.96. The lowest BCUT2D eigenvalue weighted by Gasteiger charge is -2.36. The van der Waals surface area contributed by atoms with Crippen LogP contribution in [0.1, 0.15) is 40.7 Å². The van der Waals surface area contributed by atoms with Gasteiger partial charge in [0.1, 0.15) is 0 Å². The molecule has 0 aliphatic heterocycles. The molecule has 1 aliphatic carbocycles. The predicted molar refractivity (Wildman–Crippen MR) is 80.1 cm³/mol. The molecule has 0 saturated heterocycles. The molecule has 2 rings (SSSR count). The summed E-state index contributed by atoms with van der Waals surface area (Å²) >= 11 is 0. The number of carbonyl (C=O) groups excluding carboxylic acids is 2. The predicted octanol–water partition coefficient (Wildman–Crippen LogP) is 1.06. The SMILES string of the molecule is Cc1cc(C)cc(C(=O)NCC(=O)NCC2(O)CCC2)c1. The normalized spacial score (nSPS) is 16.0. The summed E-state index contributed by atoms with van der Waals surface area (Å²) in [7, 11) is 0. The van der Waals surface area contributed by atoms with Crippen LogP contribution in [-0.4, -0.2) is 35.6 Å². The van der Waals surface area contributed by atoms with E-state index in [1.165, 1.54) is 0 Å². The summed E-state index contributed by atoms with van der Waals surface area (Å²) in [5.41, 5.74) is 1.83. The number of benzene rings is 1. The molecule has 0 radical (unpaired) electrons. The molecular weight excluding hydrogens is 268 g/mol. The number of hydrogen-bond acceptors (Lipinski definition) is 3. The molecule has 114 valence electrons. The van der Waals surface area contributed by atoms with Gasteiger partial charge in [-0.2, -0.15) is 0 Å². The highest BCUT2D eigenvalue weighted by Gasteiger charge is 2.34. The average molecular weight is 290 g/mol. The first kappa shape index (κ1) is 15.5. The van der Waals surface area contributed by atoms with Crippen molar-refractivity contribution in [3.05, 3.63) is 34.9 Å². The summed E-state index contributed by atoms with van der Waals surface area (Å²) < 4.78 is 0. The summed E-state index contributed by atoms with van der Waals surface area (Å²) in [5, 5.41) is 15.1. The first-order valence-corrected chi connectivity index (χ1v) is 7.24. The Bertz CT molecular complexity index is 530. The molecular formula is C16H22N2O3. The van der Waals surface area contributed by atoms with Crippen molar-refractivity contribution in [2.75, 3.05) is 13.1 Å². The van der Waals surface area contributed by atoms with E-state index in [1.54, 1.807) is 12.1 Å². The lowest BCUT2D eigenvalue weighted by Crippen LogP contribution is -2.49. The van der Waals surface area contributed by atoms with Crippen LogP contribution in [0.5, 0.6) is 0 Å². The molecule has 2 amide bonds. The Morgan fingerprint density at radius 3 is 2.29 bits per heavy atom. The van der Waals surface area contributed by atoms with Crippen LogP contribution >= 0.6 is 0 Å². The van der Waals surface area contributed by atoms with Gasteiger partial charge in [-0.1, -0.05) is 17.2 Å². The van der Waals surface area contributed by atoms with Crippen LogP contribution in [0.25, 0.3) is 0 Å². The minimum atomic E-state index is -0.743. The monoisotopic (exact) mass is 290 g/mol. The summed E-state index contributed by atoms with van der Waals surface area (Å²) in [5.74, 6) is -0.549. The second-order valence-electron chi connectivity index (χ2n) is 5.91. The molecule has 3 N–H and O–H groups in total. The van der Waals surface area contributed by atoms with E-state index >= 15 is 0 Å². The van der Waals surface area contributed by atoms with E-state index in [9.17, 15) is 14.7 Å². The molecule has 0 heterocycles. The van der Waals surface area contributed by atoms with Gasteiger partial charge < -0.3 is 15.7 Å². The number of aliphatic hydroxyl groups is 1. The summed E-state index contributed by atoms with van der Waals surface area (Å²) in [6, 6.07) is 5.57. The number of rotatable bonds is 5.